The minimum Gasteiger partial charge on any atom is -0.325 e. The van der Waals surface area contributed by atoms with Crippen molar-refractivity contribution in [3.63, 3.8) is 0 Å². The van der Waals surface area contributed by atoms with Crippen LogP contribution in [-0.4, -0.2) is 18.5 Å². The molecule has 98 valence electrons. The van der Waals surface area contributed by atoms with Crippen LogP contribution in [0, 0.1) is 12.3 Å². The Morgan fingerprint density at radius 2 is 2.00 bits per heavy atom. The van der Waals surface area contributed by atoms with Crippen LogP contribution in [0.5, 0.6) is 0 Å². The molecule has 0 aromatic heterocycles. The lowest BCUT2D eigenvalue weighted by Crippen LogP contribution is -2.53. The first-order valence-electron chi connectivity index (χ1n) is 6.60. The Morgan fingerprint density at radius 3 is 2.61 bits per heavy atom. The number of piperidine rings is 1. The number of amides is 1. The lowest BCUT2D eigenvalue weighted by Gasteiger charge is -2.38. The lowest BCUT2D eigenvalue weighted by atomic mass is 9.77. The van der Waals surface area contributed by atoms with Gasteiger partial charge in [-0.05, 0) is 43.9 Å². The van der Waals surface area contributed by atoms with E-state index in [-0.39, 0.29) is 17.4 Å². The molecule has 0 spiro atoms. The molecule has 18 heavy (non-hydrogen) atoms. The predicted octanol–water partition coefficient (Wildman–Crippen LogP) is 2.71. The molecule has 1 amide bonds. The van der Waals surface area contributed by atoms with E-state index in [9.17, 15) is 4.79 Å². The summed E-state index contributed by atoms with van der Waals surface area (Å²) < 4.78 is 0. The SMILES string of the molecule is Cc1ccc(NC(=O)C2NCCCC2(C)C)cc1. The van der Waals surface area contributed by atoms with Crippen molar-refractivity contribution in [3.8, 4) is 0 Å². The van der Waals surface area contributed by atoms with Crippen LogP contribution >= 0.6 is 0 Å². The summed E-state index contributed by atoms with van der Waals surface area (Å²) in [4.78, 5) is 12.3. The number of hydrogen-bond acceptors (Lipinski definition) is 2. The van der Waals surface area contributed by atoms with E-state index in [0.717, 1.165) is 25.1 Å². The number of benzene rings is 1. The molecule has 0 bridgehead atoms. The monoisotopic (exact) mass is 246 g/mol. The molecule has 1 unspecified atom stereocenters. The molecule has 1 atom stereocenters. The standard InChI is InChI=1S/C15H22N2O/c1-11-5-7-12(8-6-11)17-14(18)13-15(2,3)9-4-10-16-13/h5-8,13,16H,4,9-10H2,1-3H3,(H,17,18). The minimum absolute atomic E-state index is 0.0209. The van der Waals surface area contributed by atoms with E-state index in [4.69, 9.17) is 0 Å². The Balaban J connectivity index is 2.05. The molecule has 0 saturated carbocycles. The van der Waals surface area contributed by atoms with Crippen molar-refractivity contribution in [3.05, 3.63) is 29.8 Å². The van der Waals surface area contributed by atoms with Gasteiger partial charge in [-0.25, -0.2) is 0 Å². The molecule has 1 aromatic rings. The highest BCUT2D eigenvalue weighted by atomic mass is 16.2. The van der Waals surface area contributed by atoms with Gasteiger partial charge in [0.15, 0.2) is 0 Å². The van der Waals surface area contributed by atoms with Crippen molar-refractivity contribution in [2.75, 3.05) is 11.9 Å². The van der Waals surface area contributed by atoms with E-state index < -0.39 is 0 Å². The molecular weight excluding hydrogens is 224 g/mol. The highest BCUT2D eigenvalue weighted by molar-refractivity contribution is 5.95. The van der Waals surface area contributed by atoms with E-state index in [0.29, 0.717) is 0 Å². The lowest BCUT2D eigenvalue weighted by molar-refractivity contribution is -0.121. The van der Waals surface area contributed by atoms with Crippen molar-refractivity contribution in [1.29, 1.82) is 0 Å². The van der Waals surface area contributed by atoms with Gasteiger partial charge in [0.1, 0.15) is 0 Å². The van der Waals surface area contributed by atoms with Crippen LogP contribution in [0.2, 0.25) is 0 Å². The maximum atomic E-state index is 12.3. The van der Waals surface area contributed by atoms with Crippen LogP contribution in [0.1, 0.15) is 32.3 Å². The summed E-state index contributed by atoms with van der Waals surface area (Å²) in [6.07, 6.45) is 2.23. The summed E-state index contributed by atoms with van der Waals surface area (Å²) in [6.45, 7) is 7.27. The zero-order valence-electron chi connectivity index (χ0n) is 11.4. The first-order chi connectivity index (χ1) is 8.49. The van der Waals surface area contributed by atoms with Crippen molar-refractivity contribution in [2.24, 2.45) is 5.41 Å². The van der Waals surface area contributed by atoms with E-state index in [1.807, 2.05) is 31.2 Å². The van der Waals surface area contributed by atoms with Crippen molar-refractivity contribution >= 4 is 11.6 Å². The third-order valence-corrected chi connectivity index (χ3v) is 3.71. The number of anilines is 1. The average Bonchev–Trinajstić information content (AvgIpc) is 2.31. The quantitative estimate of drug-likeness (QED) is 0.842. The number of rotatable bonds is 2. The molecular formula is C15H22N2O. The molecule has 1 fully saturated rings. The molecule has 0 aliphatic carbocycles. The third kappa shape index (κ3) is 2.91. The van der Waals surface area contributed by atoms with Crippen LogP contribution in [-0.2, 0) is 4.79 Å². The minimum atomic E-state index is -0.104. The first kappa shape index (κ1) is 13.1. The molecule has 0 radical (unpaired) electrons. The van der Waals surface area contributed by atoms with Crippen LogP contribution in [0.3, 0.4) is 0 Å². The Hall–Kier alpha value is -1.35. The number of hydrogen-bond donors (Lipinski definition) is 2. The maximum Gasteiger partial charge on any atom is 0.242 e. The van der Waals surface area contributed by atoms with E-state index >= 15 is 0 Å². The fourth-order valence-electron chi connectivity index (χ4n) is 2.51. The summed E-state index contributed by atoms with van der Waals surface area (Å²) >= 11 is 0. The fourth-order valence-corrected chi connectivity index (χ4v) is 2.51. The van der Waals surface area contributed by atoms with E-state index in [2.05, 4.69) is 24.5 Å². The summed E-state index contributed by atoms with van der Waals surface area (Å²) in [5.74, 6) is 0.0727. The van der Waals surface area contributed by atoms with Crippen LogP contribution < -0.4 is 10.6 Å². The zero-order chi connectivity index (χ0) is 13.2. The number of carbonyl (C=O) groups excluding carboxylic acids is 1. The van der Waals surface area contributed by atoms with Gasteiger partial charge in [0.05, 0.1) is 6.04 Å². The largest absolute Gasteiger partial charge is 0.325 e. The molecule has 2 N–H and O–H groups in total. The normalized spacial score (nSPS) is 22.5. The molecule has 1 aliphatic rings. The Bertz CT molecular complexity index is 423. The van der Waals surface area contributed by atoms with Crippen molar-refractivity contribution in [1.82, 2.24) is 5.32 Å². The van der Waals surface area contributed by atoms with Gasteiger partial charge >= 0.3 is 0 Å². The average molecular weight is 246 g/mol. The van der Waals surface area contributed by atoms with Crippen molar-refractivity contribution < 1.29 is 4.79 Å². The van der Waals surface area contributed by atoms with E-state index in [1.54, 1.807) is 0 Å². The van der Waals surface area contributed by atoms with Crippen LogP contribution in [0.25, 0.3) is 0 Å². The van der Waals surface area contributed by atoms with Gasteiger partial charge in [0, 0.05) is 5.69 Å². The highest BCUT2D eigenvalue weighted by Gasteiger charge is 2.36. The maximum absolute atomic E-state index is 12.3. The first-order valence-corrected chi connectivity index (χ1v) is 6.60. The Kier molecular flexibility index (Phi) is 3.71. The number of carbonyl (C=O) groups is 1. The van der Waals surface area contributed by atoms with Crippen LogP contribution in [0.15, 0.2) is 24.3 Å². The molecule has 3 nitrogen and oxygen atoms in total. The van der Waals surface area contributed by atoms with Crippen molar-refractivity contribution in [2.45, 2.75) is 39.7 Å². The summed E-state index contributed by atoms with van der Waals surface area (Å²) in [5, 5.41) is 6.32. The number of nitrogens with one attached hydrogen (secondary N) is 2. The fraction of sp³-hybridized carbons (Fsp3) is 0.533. The van der Waals surface area contributed by atoms with E-state index in [1.165, 1.54) is 5.56 Å². The van der Waals surface area contributed by atoms with Gasteiger partial charge in [-0.15, -0.1) is 0 Å². The zero-order valence-corrected chi connectivity index (χ0v) is 11.4. The predicted molar refractivity (Wildman–Crippen MR) is 74.6 cm³/mol. The second-order valence-corrected chi connectivity index (χ2v) is 5.83. The summed E-state index contributed by atoms with van der Waals surface area (Å²) in [5.41, 5.74) is 2.09. The Morgan fingerprint density at radius 1 is 1.33 bits per heavy atom. The van der Waals surface area contributed by atoms with Gasteiger partial charge < -0.3 is 10.6 Å². The topological polar surface area (TPSA) is 41.1 Å². The smallest absolute Gasteiger partial charge is 0.242 e. The second kappa shape index (κ2) is 5.11. The third-order valence-electron chi connectivity index (χ3n) is 3.71. The Labute approximate surface area is 109 Å². The number of aryl methyl sites for hydroxylation is 1. The second-order valence-electron chi connectivity index (χ2n) is 5.83. The molecule has 1 aromatic carbocycles. The van der Waals surface area contributed by atoms with Crippen LogP contribution in [0.4, 0.5) is 5.69 Å². The summed E-state index contributed by atoms with van der Waals surface area (Å²) in [6, 6.07) is 7.81. The van der Waals surface area contributed by atoms with Gasteiger partial charge in [0.2, 0.25) is 5.91 Å². The molecule has 3 heteroatoms. The molecule has 1 heterocycles. The highest BCUT2D eigenvalue weighted by Crippen LogP contribution is 2.30. The van der Waals surface area contributed by atoms with Gasteiger partial charge in [-0.3, -0.25) is 4.79 Å². The molecule has 1 saturated heterocycles. The van der Waals surface area contributed by atoms with Gasteiger partial charge in [-0.1, -0.05) is 31.5 Å². The van der Waals surface area contributed by atoms with Gasteiger partial charge in [0.25, 0.3) is 0 Å². The van der Waals surface area contributed by atoms with Gasteiger partial charge in [-0.2, -0.15) is 0 Å². The molecule has 1 aliphatic heterocycles. The summed E-state index contributed by atoms with van der Waals surface area (Å²) in [7, 11) is 0. The molecule has 2 rings (SSSR count).